The van der Waals surface area contributed by atoms with Crippen molar-refractivity contribution in [3.8, 4) is 5.69 Å². The predicted molar refractivity (Wildman–Crippen MR) is 127 cm³/mol. The average Bonchev–Trinajstić information content (AvgIpc) is 2.86. The van der Waals surface area contributed by atoms with Crippen molar-refractivity contribution in [1.29, 1.82) is 0 Å². The van der Waals surface area contributed by atoms with Crippen molar-refractivity contribution in [3.05, 3.63) is 68.3 Å². The summed E-state index contributed by atoms with van der Waals surface area (Å²) in [6.45, 7) is 4.16. The number of nitrogens with zero attached hydrogens (tertiary/aromatic N) is 4. The number of fused-ring (bicyclic) bond motifs is 1. The molecule has 3 aromatic rings. The van der Waals surface area contributed by atoms with Gasteiger partial charge in [-0.2, -0.15) is 17.5 Å². The fourth-order valence-electron chi connectivity index (χ4n) is 3.93. The number of hydrogen-bond donors (Lipinski definition) is 0. The zero-order valence-electron chi connectivity index (χ0n) is 19.2. The number of benzene rings is 2. The molecule has 1 aromatic heterocycles. The van der Waals surface area contributed by atoms with Gasteiger partial charge >= 0.3 is 17.8 Å². The van der Waals surface area contributed by atoms with Crippen molar-refractivity contribution in [2.75, 3.05) is 32.7 Å². The van der Waals surface area contributed by atoms with Gasteiger partial charge in [-0.15, -0.1) is 4.73 Å². The fourth-order valence-corrected chi connectivity index (χ4v) is 5.57. The highest BCUT2D eigenvalue weighted by Gasteiger charge is 2.42. The number of carbonyl (C=O) groups excluding carboxylic acids is 1. The lowest BCUT2D eigenvalue weighted by molar-refractivity contribution is -0.199. The molecule has 0 atom stereocenters. The molecule has 0 bridgehead atoms. The lowest BCUT2D eigenvalue weighted by atomic mass is 10.2. The molecule has 2 heterocycles. The summed E-state index contributed by atoms with van der Waals surface area (Å²) in [7, 11) is -4.07. The summed E-state index contributed by atoms with van der Waals surface area (Å²) < 4.78 is 66.9. The summed E-state index contributed by atoms with van der Waals surface area (Å²) in [6, 6.07) is 8.35. The number of carbonyl (C=O) groups is 1. The number of para-hydroxylation sites is 1. The van der Waals surface area contributed by atoms with E-state index < -0.39 is 44.6 Å². The van der Waals surface area contributed by atoms with Crippen molar-refractivity contribution < 1.29 is 31.2 Å². The molecule has 198 valence electrons. The molecule has 1 aliphatic heterocycles. The highest BCUT2D eigenvalue weighted by atomic mass is 35.5. The number of hydrogen-bond acceptors (Lipinski definition) is 7. The Bertz CT molecular complexity index is 1590. The maximum atomic E-state index is 13.3. The Balaban J connectivity index is 1.89. The van der Waals surface area contributed by atoms with Gasteiger partial charge in [-0.3, -0.25) is 4.79 Å². The largest absolute Gasteiger partial charge is 0.493 e. The molecule has 1 saturated heterocycles. The molecule has 4 rings (SSSR count). The van der Waals surface area contributed by atoms with Gasteiger partial charge in [-0.25, -0.2) is 22.6 Å². The first-order valence-corrected chi connectivity index (χ1v) is 12.8. The third kappa shape index (κ3) is 5.01. The molecular weight excluding hydrogens is 541 g/mol. The van der Waals surface area contributed by atoms with Gasteiger partial charge in [-0.05, 0) is 36.9 Å². The Hall–Kier alpha value is -3.20. The van der Waals surface area contributed by atoms with Crippen LogP contribution in [0, 0.1) is 0 Å². The van der Waals surface area contributed by atoms with Crippen LogP contribution in [0.25, 0.3) is 16.6 Å². The van der Waals surface area contributed by atoms with Crippen LogP contribution in [-0.4, -0.2) is 71.8 Å². The second-order valence-electron chi connectivity index (χ2n) is 8.06. The van der Waals surface area contributed by atoms with Gasteiger partial charge < -0.3 is 9.74 Å². The lowest BCUT2D eigenvalue weighted by Gasteiger charge is -2.33. The molecule has 0 aliphatic carbocycles. The zero-order chi connectivity index (χ0) is 27.1. The van der Waals surface area contributed by atoms with Crippen LogP contribution < -0.4 is 16.1 Å². The highest BCUT2D eigenvalue weighted by Crippen LogP contribution is 2.26. The minimum atomic E-state index is -5.44. The van der Waals surface area contributed by atoms with Crippen LogP contribution >= 0.6 is 11.6 Å². The molecule has 1 fully saturated rings. The summed E-state index contributed by atoms with van der Waals surface area (Å²) in [5.41, 5.74) is -3.31. The normalized spacial score (nSPS) is 15.7. The molecular formula is C22H20ClF3N4O6S. The Labute approximate surface area is 213 Å². The van der Waals surface area contributed by atoms with E-state index in [2.05, 4.69) is 9.74 Å². The van der Waals surface area contributed by atoms with Gasteiger partial charge in [0, 0.05) is 26.2 Å². The molecule has 10 nitrogen and oxygen atoms in total. The van der Waals surface area contributed by atoms with E-state index in [0.29, 0.717) is 17.7 Å². The second-order valence-corrected chi connectivity index (χ2v) is 10.4. The maximum Gasteiger partial charge on any atom is 0.493 e. The smallest absolute Gasteiger partial charge is 0.323 e. The Kier molecular flexibility index (Phi) is 7.21. The molecule has 0 spiro atoms. The van der Waals surface area contributed by atoms with E-state index in [-0.39, 0.29) is 33.1 Å². The quantitative estimate of drug-likeness (QED) is 0.466. The van der Waals surface area contributed by atoms with Crippen molar-refractivity contribution in [2.24, 2.45) is 0 Å². The SMILES string of the molecule is CCN1CCN(S(=O)(=O)c2ccc(Cl)c(-n3c(=O)c4ccccc4n(OC(=O)C(F)(F)F)c3=O)c2)CC1. The average molecular weight is 561 g/mol. The number of rotatable bonds is 5. The van der Waals surface area contributed by atoms with Gasteiger partial charge in [-0.1, -0.05) is 30.7 Å². The molecule has 2 aromatic carbocycles. The Morgan fingerprint density at radius 2 is 1.70 bits per heavy atom. The van der Waals surface area contributed by atoms with E-state index in [9.17, 15) is 36.0 Å². The zero-order valence-corrected chi connectivity index (χ0v) is 20.8. The van der Waals surface area contributed by atoms with E-state index >= 15 is 0 Å². The first-order chi connectivity index (χ1) is 17.4. The standard InChI is InChI=1S/C22H20ClF3N4O6S/c1-2-27-9-11-28(12-10-27)37(34,35)14-7-8-16(23)18(13-14)29-19(31)15-5-3-4-6-17(15)30(21(29)33)36-20(32)22(24,25)26/h3-8,13H,2,9-12H2,1H3. The number of halogens is 4. The lowest BCUT2D eigenvalue weighted by Crippen LogP contribution is -2.48. The topological polar surface area (TPSA) is 111 Å². The third-order valence-corrected chi connectivity index (χ3v) is 8.12. The van der Waals surface area contributed by atoms with E-state index in [1.807, 2.05) is 6.92 Å². The van der Waals surface area contributed by atoms with Gasteiger partial charge in [0.05, 0.1) is 26.5 Å². The van der Waals surface area contributed by atoms with Gasteiger partial charge in [0.1, 0.15) is 0 Å². The van der Waals surface area contributed by atoms with Gasteiger partial charge in [0.15, 0.2) is 0 Å². The van der Waals surface area contributed by atoms with Crippen molar-refractivity contribution in [2.45, 2.75) is 18.0 Å². The van der Waals surface area contributed by atoms with Crippen LogP contribution in [0.5, 0.6) is 0 Å². The number of aromatic nitrogens is 2. The molecule has 0 saturated carbocycles. The monoisotopic (exact) mass is 560 g/mol. The van der Waals surface area contributed by atoms with Gasteiger partial charge in [0.2, 0.25) is 10.0 Å². The Morgan fingerprint density at radius 1 is 1.05 bits per heavy atom. The van der Waals surface area contributed by atoms with E-state index in [4.69, 9.17) is 11.6 Å². The van der Waals surface area contributed by atoms with E-state index in [0.717, 1.165) is 24.7 Å². The maximum absolute atomic E-state index is 13.3. The van der Waals surface area contributed by atoms with Crippen molar-refractivity contribution in [3.63, 3.8) is 0 Å². The summed E-state index contributed by atoms with van der Waals surface area (Å²) in [5, 5.41) is -0.518. The number of alkyl halides is 3. The molecule has 37 heavy (non-hydrogen) atoms. The van der Waals surface area contributed by atoms with Crippen molar-refractivity contribution >= 4 is 38.5 Å². The third-order valence-electron chi connectivity index (χ3n) is 5.90. The summed E-state index contributed by atoms with van der Waals surface area (Å²) in [4.78, 5) is 44.1. The van der Waals surface area contributed by atoms with Crippen molar-refractivity contribution in [1.82, 2.24) is 18.5 Å². The molecule has 0 radical (unpaired) electrons. The van der Waals surface area contributed by atoms with Crippen LogP contribution in [0.15, 0.2) is 56.9 Å². The molecule has 15 heteroatoms. The fraction of sp³-hybridized carbons (Fsp3) is 0.318. The van der Waals surface area contributed by atoms with Crippen LogP contribution in [0.1, 0.15) is 6.92 Å². The minimum Gasteiger partial charge on any atom is -0.323 e. The van der Waals surface area contributed by atoms with Crippen LogP contribution in [0.3, 0.4) is 0 Å². The van der Waals surface area contributed by atoms with E-state index in [1.54, 1.807) is 0 Å². The number of piperazine rings is 1. The minimum absolute atomic E-state index is 0.0219. The van der Waals surface area contributed by atoms with E-state index in [1.165, 1.54) is 28.6 Å². The van der Waals surface area contributed by atoms with Crippen LogP contribution in [0.2, 0.25) is 5.02 Å². The molecule has 0 amide bonds. The van der Waals surface area contributed by atoms with Crippen LogP contribution in [-0.2, 0) is 14.8 Å². The molecule has 0 N–H and O–H groups in total. The highest BCUT2D eigenvalue weighted by molar-refractivity contribution is 7.89. The number of likely N-dealkylation sites (N-methyl/N-ethyl adjacent to an activating group) is 1. The van der Waals surface area contributed by atoms with Crippen LogP contribution in [0.4, 0.5) is 13.2 Å². The summed E-state index contributed by atoms with van der Waals surface area (Å²) in [6.07, 6.45) is -5.44. The molecule has 1 aliphatic rings. The second kappa shape index (κ2) is 9.93. The molecule has 0 unspecified atom stereocenters. The number of sulfonamides is 1. The summed E-state index contributed by atoms with van der Waals surface area (Å²) in [5.74, 6) is -2.70. The first-order valence-electron chi connectivity index (χ1n) is 10.9. The summed E-state index contributed by atoms with van der Waals surface area (Å²) >= 11 is 6.22. The Morgan fingerprint density at radius 3 is 2.32 bits per heavy atom. The predicted octanol–water partition coefficient (Wildman–Crippen LogP) is 1.65. The van der Waals surface area contributed by atoms with Gasteiger partial charge in [0.25, 0.3) is 5.56 Å². The first kappa shape index (κ1) is 26.9.